The molecule has 0 aliphatic carbocycles. The Morgan fingerprint density at radius 2 is 1.96 bits per heavy atom. The second-order valence-corrected chi connectivity index (χ2v) is 8.10. The topological polar surface area (TPSA) is 67.2 Å². The van der Waals surface area contributed by atoms with Crippen LogP contribution in [0.25, 0.3) is 0 Å². The first-order valence-corrected chi connectivity index (χ1v) is 9.04. The van der Waals surface area contributed by atoms with Gasteiger partial charge in [-0.2, -0.15) is 5.10 Å². The van der Waals surface area contributed by atoms with Gasteiger partial charge >= 0.3 is 0 Å². The Labute approximate surface area is 146 Å². The lowest BCUT2D eigenvalue weighted by Crippen LogP contribution is -2.35. The second kappa shape index (κ2) is 6.51. The zero-order chi connectivity index (χ0) is 17.3. The fourth-order valence-corrected chi connectivity index (χ4v) is 3.60. The monoisotopic (exact) mass is 348 g/mol. The molecule has 0 N–H and O–H groups in total. The first-order valence-electron chi connectivity index (χ1n) is 8.22. The summed E-state index contributed by atoms with van der Waals surface area (Å²) < 4.78 is 1.66. The molecule has 3 heterocycles. The average molecular weight is 348 g/mol. The molecule has 7 nitrogen and oxygen atoms in total. The summed E-state index contributed by atoms with van der Waals surface area (Å²) in [5.74, 6) is 0.00472. The highest BCUT2D eigenvalue weighted by Crippen LogP contribution is 2.30. The first-order chi connectivity index (χ1) is 11.3. The van der Waals surface area contributed by atoms with E-state index in [1.165, 1.54) is 0 Å². The van der Waals surface area contributed by atoms with Gasteiger partial charge in [-0.15, -0.1) is 10.2 Å². The lowest BCUT2D eigenvalue weighted by atomic mass is 9.98. The SMILES string of the molecule is Cn1ccc(C(=O)N2CCCN(c3nnc(C(C)(C)C)s3)CC2)n1. The molecule has 3 rings (SSSR count). The van der Waals surface area contributed by atoms with Crippen molar-refractivity contribution in [3.8, 4) is 0 Å². The minimum Gasteiger partial charge on any atom is -0.345 e. The first kappa shape index (κ1) is 16.9. The summed E-state index contributed by atoms with van der Waals surface area (Å²) in [5.41, 5.74) is 0.528. The molecule has 1 aliphatic heterocycles. The maximum absolute atomic E-state index is 12.6. The minimum atomic E-state index is 0.00472. The number of aromatic nitrogens is 4. The van der Waals surface area contributed by atoms with E-state index in [0.29, 0.717) is 12.2 Å². The van der Waals surface area contributed by atoms with Gasteiger partial charge in [-0.05, 0) is 12.5 Å². The maximum Gasteiger partial charge on any atom is 0.274 e. The smallest absolute Gasteiger partial charge is 0.274 e. The number of carbonyl (C=O) groups excluding carboxylic acids is 1. The molecular weight excluding hydrogens is 324 g/mol. The van der Waals surface area contributed by atoms with Gasteiger partial charge in [0.05, 0.1) is 0 Å². The number of aryl methyl sites for hydroxylation is 1. The Hall–Kier alpha value is -1.96. The van der Waals surface area contributed by atoms with Crippen LogP contribution in [0.4, 0.5) is 5.13 Å². The summed E-state index contributed by atoms with van der Waals surface area (Å²) in [7, 11) is 1.82. The Balaban J connectivity index is 1.67. The molecule has 0 atom stereocenters. The van der Waals surface area contributed by atoms with Crippen LogP contribution in [0.1, 0.15) is 42.7 Å². The Bertz CT molecular complexity index is 716. The lowest BCUT2D eigenvalue weighted by Gasteiger charge is -2.20. The van der Waals surface area contributed by atoms with Crippen molar-refractivity contribution >= 4 is 22.4 Å². The Kier molecular flexibility index (Phi) is 4.58. The summed E-state index contributed by atoms with van der Waals surface area (Å²) in [6.45, 7) is 9.53. The molecule has 1 saturated heterocycles. The molecule has 8 heteroatoms. The number of amides is 1. The molecule has 0 unspecified atom stereocenters. The molecule has 0 aromatic carbocycles. The van der Waals surface area contributed by atoms with Gasteiger partial charge in [0.1, 0.15) is 10.7 Å². The molecule has 0 saturated carbocycles. The van der Waals surface area contributed by atoms with Crippen molar-refractivity contribution in [2.45, 2.75) is 32.6 Å². The van der Waals surface area contributed by atoms with E-state index in [1.54, 1.807) is 28.3 Å². The summed E-state index contributed by atoms with van der Waals surface area (Å²) in [6.07, 6.45) is 2.72. The number of anilines is 1. The van der Waals surface area contributed by atoms with E-state index >= 15 is 0 Å². The van der Waals surface area contributed by atoms with E-state index in [0.717, 1.165) is 36.2 Å². The molecule has 24 heavy (non-hydrogen) atoms. The summed E-state index contributed by atoms with van der Waals surface area (Å²) >= 11 is 1.65. The van der Waals surface area contributed by atoms with Gasteiger partial charge in [-0.3, -0.25) is 9.48 Å². The summed E-state index contributed by atoms with van der Waals surface area (Å²) in [5, 5.41) is 14.9. The van der Waals surface area contributed by atoms with Crippen molar-refractivity contribution in [2.24, 2.45) is 7.05 Å². The van der Waals surface area contributed by atoms with E-state index in [9.17, 15) is 4.79 Å². The van der Waals surface area contributed by atoms with Crippen LogP contribution in [-0.4, -0.2) is 57.0 Å². The van der Waals surface area contributed by atoms with Gasteiger partial charge in [0.15, 0.2) is 0 Å². The summed E-state index contributed by atoms with van der Waals surface area (Å²) in [6, 6.07) is 1.77. The van der Waals surface area contributed by atoms with Gasteiger partial charge in [-0.25, -0.2) is 0 Å². The predicted octanol–water partition coefficient (Wildman–Crippen LogP) is 1.92. The lowest BCUT2D eigenvalue weighted by molar-refractivity contribution is 0.0760. The van der Waals surface area contributed by atoms with Crippen molar-refractivity contribution in [1.29, 1.82) is 0 Å². The second-order valence-electron chi connectivity index (χ2n) is 7.15. The molecule has 2 aromatic heterocycles. The van der Waals surface area contributed by atoms with Crippen LogP contribution >= 0.6 is 11.3 Å². The number of nitrogens with zero attached hydrogens (tertiary/aromatic N) is 6. The van der Waals surface area contributed by atoms with Gasteiger partial charge < -0.3 is 9.80 Å². The molecule has 0 bridgehead atoms. The predicted molar refractivity (Wildman–Crippen MR) is 94.6 cm³/mol. The van der Waals surface area contributed by atoms with Crippen molar-refractivity contribution < 1.29 is 4.79 Å². The van der Waals surface area contributed by atoms with Crippen LogP contribution in [0.15, 0.2) is 12.3 Å². The molecule has 0 radical (unpaired) electrons. The molecule has 1 fully saturated rings. The molecule has 2 aromatic rings. The van der Waals surface area contributed by atoms with Crippen LogP contribution in [0, 0.1) is 0 Å². The third-order valence-electron chi connectivity index (χ3n) is 4.04. The minimum absolute atomic E-state index is 0.00472. The van der Waals surface area contributed by atoms with Crippen LogP contribution in [-0.2, 0) is 12.5 Å². The standard InChI is InChI=1S/C16H24N6OS/c1-16(2,3)14-17-18-15(24-14)22-8-5-7-21(10-11-22)13(23)12-6-9-20(4)19-12/h6,9H,5,7-8,10-11H2,1-4H3. The quantitative estimate of drug-likeness (QED) is 0.829. The van der Waals surface area contributed by atoms with Crippen molar-refractivity contribution in [3.63, 3.8) is 0 Å². The highest BCUT2D eigenvalue weighted by Gasteiger charge is 2.25. The molecule has 130 valence electrons. The normalized spacial score (nSPS) is 16.3. The number of carbonyl (C=O) groups is 1. The van der Waals surface area contributed by atoms with Crippen molar-refractivity contribution in [3.05, 3.63) is 23.0 Å². The number of hydrogen-bond acceptors (Lipinski definition) is 6. The van der Waals surface area contributed by atoms with Crippen LogP contribution < -0.4 is 4.90 Å². The third-order valence-corrected chi connectivity index (χ3v) is 5.45. The molecular formula is C16H24N6OS. The van der Waals surface area contributed by atoms with Gasteiger partial charge in [0.2, 0.25) is 5.13 Å². The third kappa shape index (κ3) is 3.58. The van der Waals surface area contributed by atoms with E-state index in [1.807, 2.05) is 11.9 Å². The Morgan fingerprint density at radius 1 is 1.17 bits per heavy atom. The van der Waals surface area contributed by atoms with Crippen LogP contribution in [0.5, 0.6) is 0 Å². The van der Waals surface area contributed by atoms with E-state index in [4.69, 9.17) is 0 Å². The van der Waals surface area contributed by atoms with Gasteiger partial charge in [-0.1, -0.05) is 32.1 Å². The molecule has 1 amide bonds. The van der Waals surface area contributed by atoms with Gasteiger partial charge in [0, 0.05) is 44.8 Å². The van der Waals surface area contributed by atoms with E-state index < -0.39 is 0 Å². The fourth-order valence-electron chi connectivity index (χ4n) is 2.65. The average Bonchev–Trinajstić information content (AvgIpc) is 3.10. The molecule has 1 aliphatic rings. The van der Waals surface area contributed by atoms with Crippen LogP contribution in [0.3, 0.4) is 0 Å². The zero-order valence-corrected chi connectivity index (χ0v) is 15.5. The largest absolute Gasteiger partial charge is 0.345 e. The Morgan fingerprint density at radius 3 is 2.58 bits per heavy atom. The number of rotatable bonds is 2. The van der Waals surface area contributed by atoms with Crippen molar-refractivity contribution in [1.82, 2.24) is 24.9 Å². The van der Waals surface area contributed by atoms with Crippen molar-refractivity contribution in [2.75, 3.05) is 31.1 Å². The zero-order valence-electron chi connectivity index (χ0n) is 14.7. The highest BCUT2D eigenvalue weighted by atomic mass is 32.1. The maximum atomic E-state index is 12.6. The number of hydrogen-bond donors (Lipinski definition) is 0. The van der Waals surface area contributed by atoms with E-state index in [-0.39, 0.29) is 11.3 Å². The molecule has 0 spiro atoms. The fraction of sp³-hybridized carbons (Fsp3) is 0.625. The van der Waals surface area contributed by atoms with E-state index in [2.05, 4.69) is 41.0 Å². The highest BCUT2D eigenvalue weighted by molar-refractivity contribution is 7.15. The summed E-state index contributed by atoms with van der Waals surface area (Å²) in [4.78, 5) is 16.7. The van der Waals surface area contributed by atoms with Crippen LogP contribution in [0.2, 0.25) is 0 Å². The van der Waals surface area contributed by atoms with Gasteiger partial charge in [0.25, 0.3) is 5.91 Å².